The highest BCUT2D eigenvalue weighted by molar-refractivity contribution is 7.16. The van der Waals surface area contributed by atoms with E-state index in [9.17, 15) is 9.90 Å². The van der Waals surface area contributed by atoms with Gasteiger partial charge >= 0.3 is 5.97 Å². The van der Waals surface area contributed by atoms with Crippen molar-refractivity contribution >= 4 is 62.5 Å². The number of likely N-dealkylation sites (tertiary alicyclic amines) is 1. The number of aliphatic carboxylic acids is 1. The summed E-state index contributed by atoms with van der Waals surface area (Å²) in [6.07, 6.45) is 3.99. The minimum atomic E-state index is -0.654. The number of carbonyl (C=O) groups is 1. The maximum Gasteiger partial charge on any atom is 0.309 e. The predicted molar refractivity (Wildman–Crippen MR) is 155 cm³/mol. The average Bonchev–Trinajstić information content (AvgIpc) is 3.30. The molecule has 2 N–H and O–H groups in total. The lowest BCUT2D eigenvalue weighted by Gasteiger charge is -2.52. The quantitative estimate of drug-likeness (QED) is 0.330. The third-order valence-electron chi connectivity index (χ3n) is 8.85. The van der Waals surface area contributed by atoms with E-state index in [-0.39, 0.29) is 6.04 Å². The van der Waals surface area contributed by atoms with Gasteiger partial charge in [-0.1, -0.05) is 29.3 Å². The van der Waals surface area contributed by atoms with Crippen LogP contribution in [0.4, 0.5) is 11.8 Å². The molecule has 2 saturated heterocycles. The first kappa shape index (κ1) is 26.1. The second-order valence-electron chi connectivity index (χ2n) is 11.5. The van der Waals surface area contributed by atoms with Crippen LogP contribution in [-0.2, 0) is 4.79 Å². The van der Waals surface area contributed by atoms with Crippen LogP contribution in [0.3, 0.4) is 0 Å². The number of thiophene rings is 1. The highest BCUT2D eigenvalue weighted by atomic mass is 35.5. The fourth-order valence-electron chi connectivity index (χ4n) is 6.38. The van der Waals surface area contributed by atoms with Crippen molar-refractivity contribution < 1.29 is 9.90 Å². The van der Waals surface area contributed by atoms with E-state index in [2.05, 4.69) is 33.5 Å². The van der Waals surface area contributed by atoms with Crippen molar-refractivity contribution in [3.05, 3.63) is 45.3 Å². The molecule has 1 saturated carbocycles. The van der Waals surface area contributed by atoms with Gasteiger partial charge in [-0.15, -0.1) is 11.3 Å². The van der Waals surface area contributed by atoms with Crippen LogP contribution in [0.25, 0.3) is 10.2 Å². The number of piperidine rings is 1. The molecule has 0 radical (unpaired) electrons. The molecule has 0 amide bonds. The molecule has 7 nitrogen and oxygen atoms in total. The maximum absolute atomic E-state index is 11.5. The Morgan fingerprint density at radius 1 is 1.18 bits per heavy atom. The molecule has 1 aromatic carbocycles. The highest BCUT2D eigenvalue weighted by Crippen LogP contribution is 2.45. The van der Waals surface area contributed by atoms with Crippen molar-refractivity contribution in [2.75, 3.05) is 36.4 Å². The molecule has 3 fully saturated rings. The van der Waals surface area contributed by atoms with E-state index < -0.39 is 11.4 Å². The van der Waals surface area contributed by atoms with Gasteiger partial charge in [0.25, 0.3) is 0 Å². The molecule has 202 valence electrons. The number of carboxylic acids is 1. The minimum absolute atomic E-state index is 0.0440. The Morgan fingerprint density at radius 3 is 2.71 bits per heavy atom. The molecule has 3 aliphatic rings. The Hall–Kier alpha value is -2.13. The third-order valence-corrected chi connectivity index (χ3v) is 10.2. The van der Waals surface area contributed by atoms with Gasteiger partial charge in [-0.3, -0.25) is 4.79 Å². The Bertz CT molecular complexity index is 1350. The van der Waals surface area contributed by atoms with Crippen LogP contribution in [0.15, 0.2) is 29.6 Å². The lowest BCUT2D eigenvalue weighted by Crippen LogP contribution is -2.58. The number of anilines is 2. The summed E-state index contributed by atoms with van der Waals surface area (Å²) in [5, 5.41) is 17.4. The van der Waals surface area contributed by atoms with E-state index in [1.807, 2.05) is 19.1 Å². The van der Waals surface area contributed by atoms with Gasteiger partial charge in [0.05, 0.1) is 16.8 Å². The number of halogens is 2. The number of hydrogen-bond acceptors (Lipinski definition) is 7. The number of fused-ring (bicyclic) bond motifs is 1. The molecular formula is C28H33Cl2N5O2S. The topological polar surface area (TPSA) is 81.6 Å². The number of benzene rings is 1. The van der Waals surface area contributed by atoms with Gasteiger partial charge in [-0.05, 0) is 87.1 Å². The summed E-state index contributed by atoms with van der Waals surface area (Å²) < 4.78 is 0. The second-order valence-corrected chi connectivity index (χ2v) is 13.3. The molecule has 0 spiro atoms. The molecule has 2 aromatic heterocycles. The fourth-order valence-corrected chi connectivity index (χ4v) is 7.71. The van der Waals surface area contributed by atoms with Crippen LogP contribution in [0, 0.1) is 17.3 Å². The van der Waals surface area contributed by atoms with Gasteiger partial charge in [0, 0.05) is 35.7 Å². The molecule has 0 bridgehead atoms. The summed E-state index contributed by atoms with van der Waals surface area (Å²) >= 11 is 14.2. The molecule has 3 aromatic rings. The van der Waals surface area contributed by atoms with Crippen LogP contribution in [0.2, 0.25) is 10.0 Å². The first-order valence-corrected chi connectivity index (χ1v) is 15.0. The van der Waals surface area contributed by atoms with Crippen molar-refractivity contribution in [3.63, 3.8) is 0 Å². The van der Waals surface area contributed by atoms with Crippen LogP contribution < -0.4 is 10.2 Å². The van der Waals surface area contributed by atoms with Crippen LogP contribution in [0.5, 0.6) is 0 Å². The molecule has 4 heterocycles. The summed E-state index contributed by atoms with van der Waals surface area (Å²) in [6.45, 7) is 8.06. The van der Waals surface area contributed by atoms with Crippen LogP contribution in [0.1, 0.15) is 51.1 Å². The maximum atomic E-state index is 11.5. The summed E-state index contributed by atoms with van der Waals surface area (Å²) in [7, 11) is 0. The summed E-state index contributed by atoms with van der Waals surface area (Å²) in [6, 6.07) is 8.02. The number of carboxylic acid groups (broad SMARTS) is 1. The van der Waals surface area contributed by atoms with Crippen LogP contribution in [-0.4, -0.2) is 58.2 Å². The standard InChI is InChI=1S/C28H33Cl2N5O2S/c1-16(21-6-5-19(29)10-23(21)30)31-24-22-7-9-38-25(22)33-27(32-24)35-14-18(15-35)17-4-3-8-34(13-17)20-11-28(2,12-20)26(36)37/h5-7,9-10,16-18,20H,3-4,8,11-15H2,1-2H3,(H,36,37)(H,31,32,33)/t16-,17+,20?,28?/m1/s1. The Morgan fingerprint density at radius 2 is 1.97 bits per heavy atom. The van der Waals surface area contributed by atoms with Gasteiger partial charge in [0.1, 0.15) is 10.6 Å². The normalized spacial score (nSPS) is 27.1. The second kappa shape index (κ2) is 10.1. The molecular weight excluding hydrogens is 541 g/mol. The minimum Gasteiger partial charge on any atom is -0.481 e. The Kier molecular flexibility index (Phi) is 6.95. The fraction of sp³-hybridized carbons (Fsp3) is 0.536. The van der Waals surface area contributed by atoms with Gasteiger partial charge in [-0.2, -0.15) is 4.98 Å². The lowest BCUT2D eigenvalue weighted by molar-refractivity contribution is -0.158. The number of hydrogen-bond donors (Lipinski definition) is 2. The molecule has 10 heteroatoms. The Balaban J connectivity index is 1.11. The van der Waals surface area contributed by atoms with Crippen molar-refractivity contribution in [2.45, 2.75) is 51.6 Å². The van der Waals surface area contributed by atoms with Crippen molar-refractivity contribution in [1.82, 2.24) is 14.9 Å². The van der Waals surface area contributed by atoms with E-state index in [1.54, 1.807) is 17.4 Å². The summed E-state index contributed by atoms with van der Waals surface area (Å²) in [4.78, 5) is 27.2. The molecule has 6 rings (SSSR count). The first-order valence-electron chi connectivity index (χ1n) is 13.4. The zero-order valence-corrected chi connectivity index (χ0v) is 24.0. The van der Waals surface area contributed by atoms with Crippen LogP contribution >= 0.6 is 34.5 Å². The van der Waals surface area contributed by atoms with Crippen molar-refractivity contribution in [2.24, 2.45) is 17.3 Å². The monoisotopic (exact) mass is 573 g/mol. The van der Waals surface area contributed by atoms with Crippen molar-refractivity contribution in [3.8, 4) is 0 Å². The zero-order valence-electron chi connectivity index (χ0n) is 21.7. The van der Waals surface area contributed by atoms with E-state index >= 15 is 0 Å². The smallest absolute Gasteiger partial charge is 0.309 e. The van der Waals surface area contributed by atoms with E-state index in [1.165, 1.54) is 12.8 Å². The van der Waals surface area contributed by atoms with Gasteiger partial charge < -0.3 is 20.2 Å². The molecule has 38 heavy (non-hydrogen) atoms. The molecule has 0 unspecified atom stereocenters. The predicted octanol–water partition coefficient (Wildman–Crippen LogP) is 6.57. The summed E-state index contributed by atoms with van der Waals surface area (Å²) in [5.74, 6) is 2.21. The van der Waals surface area contributed by atoms with Gasteiger partial charge in [0.2, 0.25) is 5.95 Å². The third kappa shape index (κ3) is 4.85. The van der Waals surface area contributed by atoms with E-state index in [0.717, 1.165) is 66.6 Å². The highest BCUT2D eigenvalue weighted by Gasteiger charge is 2.49. The molecule has 1 aliphatic carbocycles. The number of nitrogens with zero attached hydrogens (tertiary/aromatic N) is 4. The van der Waals surface area contributed by atoms with E-state index in [0.29, 0.717) is 27.9 Å². The first-order chi connectivity index (χ1) is 18.2. The molecule has 2 aliphatic heterocycles. The number of nitrogens with one attached hydrogen (secondary N) is 1. The van der Waals surface area contributed by atoms with Crippen molar-refractivity contribution in [1.29, 1.82) is 0 Å². The Labute approximate surface area is 237 Å². The van der Waals surface area contributed by atoms with Gasteiger partial charge in [-0.25, -0.2) is 4.98 Å². The molecule has 2 atom stereocenters. The van der Waals surface area contributed by atoms with Gasteiger partial charge in [0.15, 0.2) is 0 Å². The number of rotatable bonds is 7. The van der Waals surface area contributed by atoms with E-state index in [4.69, 9.17) is 33.2 Å². The number of aromatic nitrogens is 2. The SMILES string of the molecule is C[C@@H](Nc1nc(N2CC([C@H]3CCCN(C4CC(C)(C(=O)O)C4)C3)C2)nc2sccc12)c1ccc(Cl)cc1Cl. The largest absolute Gasteiger partial charge is 0.481 e. The average molecular weight is 575 g/mol. The summed E-state index contributed by atoms with van der Waals surface area (Å²) in [5.41, 5.74) is 0.436. The lowest BCUT2D eigenvalue weighted by atomic mass is 9.65. The zero-order chi connectivity index (χ0) is 26.6.